The van der Waals surface area contributed by atoms with Gasteiger partial charge in [0.25, 0.3) is 11.6 Å². The summed E-state index contributed by atoms with van der Waals surface area (Å²) < 4.78 is 2.66. The molecule has 1 aromatic heterocycles. The van der Waals surface area contributed by atoms with Gasteiger partial charge in [0.2, 0.25) is 5.95 Å². The van der Waals surface area contributed by atoms with Crippen molar-refractivity contribution in [1.82, 2.24) is 14.8 Å². The first-order valence-corrected chi connectivity index (χ1v) is 11.3. The highest BCUT2D eigenvalue weighted by Gasteiger charge is 2.34. The number of halogens is 1. The number of nitro benzene ring substituents is 1. The molecule has 1 aliphatic rings. The van der Waals surface area contributed by atoms with Crippen molar-refractivity contribution in [2.75, 3.05) is 17.2 Å². The number of hydrogen-bond donors (Lipinski definition) is 3. The monoisotopic (exact) mass is 560 g/mol. The van der Waals surface area contributed by atoms with Crippen LogP contribution in [0.15, 0.2) is 59.8 Å². The van der Waals surface area contributed by atoms with Gasteiger partial charge in [-0.05, 0) is 77.9 Å². The number of amides is 1. The summed E-state index contributed by atoms with van der Waals surface area (Å²) in [5.41, 5.74) is 2.30. The van der Waals surface area contributed by atoms with Gasteiger partial charge in [0.1, 0.15) is 6.04 Å². The molecule has 1 atom stereocenters. The van der Waals surface area contributed by atoms with E-state index in [1.807, 2.05) is 24.3 Å². The molecule has 11 heteroatoms. The Hall–Kier alpha value is -3.32. The first-order chi connectivity index (χ1) is 15.9. The van der Waals surface area contributed by atoms with Crippen LogP contribution in [-0.2, 0) is 11.2 Å². The zero-order valence-corrected chi connectivity index (χ0v) is 19.8. The predicted molar refractivity (Wildman–Crippen MR) is 131 cm³/mol. The Morgan fingerprint density at radius 1 is 1.24 bits per heavy atom. The van der Waals surface area contributed by atoms with Crippen LogP contribution in [0.3, 0.4) is 0 Å². The summed E-state index contributed by atoms with van der Waals surface area (Å²) in [6, 6.07) is 12.9. The first-order valence-electron chi connectivity index (χ1n) is 10.2. The molecule has 33 heavy (non-hydrogen) atoms. The van der Waals surface area contributed by atoms with E-state index in [-0.39, 0.29) is 18.2 Å². The summed E-state index contributed by atoms with van der Waals surface area (Å²) in [7, 11) is 0. The number of aromatic nitrogens is 3. The second-order valence-corrected chi connectivity index (χ2v) is 8.74. The van der Waals surface area contributed by atoms with Gasteiger partial charge in [-0.15, -0.1) is 0 Å². The van der Waals surface area contributed by atoms with Crippen molar-refractivity contribution >= 4 is 45.8 Å². The number of aliphatic hydroxyl groups excluding tert-OH is 1. The van der Waals surface area contributed by atoms with Crippen LogP contribution < -0.4 is 10.6 Å². The Labute approximate surface area is 203 Å². The highest BCUT2D eigenvalue weighted by Crippen LogP contribution is 2.36. The molecule has 1 unspecified atom stereocenters. The number of aliphatic hydroxyl groups is 1. The number of carbonyl (C=O) groups excluding carboxylic acids is 1. The van der Waals surface area contributed by atoms with E-state index in [0.717, 1.165) is 3.57 Å². The third-order valence-electron chi connectivity index (χ3n) is 5.22. The predicted octanol–water partition coefficient (Wildman–Crippen LogP) is 3.64. The van der Waals surface area contributed by atoms with Crippen LogP contribution in [0.1, 0.15) is 30.8 Å². The summed E-state index contributed by atoms with van der Waals surface area (Å²) in [5, 5.41) is 30.9. The number of rotatable bonds is 7. The minimum atomic E-state index is -0.638. The summed E-state index contributed by atoms with van der Waals surface area (Å²) in [6.45, 7) is 1.80. The lowest BCUT2D eigenvalue weighted by molar-refractivity contribution is -0.384. The van der Waals surface area contributed by atoms with E-state index in [1.165, 1.54) is 12.1 Å². The number of hydrogen-bond acceptors (Lipinski definition) is 7. The van der Waals surface area contributed by atoms with Crippen molar-refractivity contribution < 1.29 is 14.8 Å². The molecule has 170 valence electrons. The van der Waals surface area contributed by atoms with Crippen LogP contribution in [0.4, 0.5) is 17.3 Å². The molecule has 1 aliphatic heterocycles. The normalized spacial score (nSPS) is 15.1. The van der Waals surface area contributed by atoms with E-state index in [9.17, 15) is 14.9 Å². The molecule has 0 saturated carbocycles. The van der Waals surface area contributed by atoms with Crippen molar-refractivity contribution in [3.63, 3.8) is 0 Å². The molecular weight excluding hydrogens is 539 g/mol. The zero-order valence-electron chi connectivity index (χ0n) is 17.7. The van der Waals surface area contributed by atoms with Gasteiger partial charge in [0.15, 0.2) is 5.82 Å². The maximum Gasteiger partial charge on any atom is 0.269 e. The third kappa shape index (κ3) is 4.88. The Morgan fingerprint density at radius 2 is 1.94 bits per heavy atom. The van der Waals surface area contributed by atoms with Gasteiger partial charge in [-0.2, -0.15) is 10.1 Å². The molecule has 4 rings (SSSR count). The van der Waals surface area contributed by atoms with Gasteiger partial charge in [-0.1, -0.05) is 0 Å². The Bertz CT molecular complexity index is 1220. The highest BCUT2D eigenvalue weighted by atomic mass is 127. The highest BCUT2D eigenvalue weighted by molar-refractivity contribution is 14.1. The molecule has 3 N–H and O–H groups in total. The molecule has 10 nitrogen and oxygen atoms in total. The summed E-state index contributed by atoms with van der Waals surface area (Å²) in [4.78, 5) is 28.5. The van der Waals surface area contributed by atoms with E-state index in [0.29, 0.717) is 47.1 Å². The van der Waals surface area contributed by atoms with Crippen molar-refractivity contribution in [2.45, 2.75) is 25.8 Å². The molecule has 1 amide bonds. The molecule has 0 saturated heterocycles. The topological polar surface area (TPSA) is 135 Å². The minimum Gasteiger partial charge on any atom is -0.396 e. The van der Waals surface area contributed by atoms with E-state index < -0.39 is 11.0 Å². The van der Waals surface area contributed by atoms with Gasteiger partial charge in [-0.3, -0.25) is 14.9 Å². The van der Waals surface area contributed by atoms with Crippen molar-refractivity contribution in [3.8, 4) is 0 Å². The van der Waals surface area contributed by atoms with Gasteiger partial charge in [0.05, 0.1) is 10.5 Å². The average molecular weight is 560 g/mol. The number of benzene rings is 2. The van der Waals surface area contributed by atoms with Crippen molar-refractivity contribution in [1.29, 1.82) is 0 Å². The van der Waals surface area contributed by atoms with Crippen molar-refractivity contribution in [2.24, 2.45) is 0 Å². The summed E-state index contributed by atoms with van der Waals surface area (Å²) >= 11 is 2.19. The summed E-state index contributed by atoms with van der Waals surface area (Å²) in [5.74, 6) is 0.683. The number of non-ortho nitro benzene ring substituents is 1. The van der Waals surface area contributed by atoms with Crippen molar-refractivity contribution in [3.05, 3.63) is 84.9 Å². The fourth-order valence-corrected chi connectivity index (χ4v) is 4.01. The Morgan fingerprint density at radius 3 is 2.58 bits per heavy atom. The van der Waals surface area contributed by atoms with Crippen LogP contribution in [-0.4, -0.2) is 37.3 Å². The maximum absolute atomic E-state index is 13.4. The molecule has 0 fully saturated rings. The molecule has 0 radical (unpaired) electrons. The number of aryl methyl sites for hydroxylation is 1. The average Bonchev–Trinajstić information content (AvgIpc) is 3.20. The molecule has 2 aromatic carbocycles. The van der Waals surface area contributed by atoms with Crippen LogP contribution in [0, 0.1) is 13.7 Å². The van der Waals surface area contributed by atoms with Gasteiger partial charge >= 0.3 is 0 Å². The van der Waals surface area contributed by atoms with E-state index >= 15 is 0 Å². The van der Waals surface area contributed by atoms with Crippen LogP contribution in [0.2, 0.25) is 0 Å². The molecule has 2 heterocycles. The number of nitrogens with zero attached hydrogens (tertiary/aromatic N) is 4. The molecule has 0 aliphatic carbocycles. The number of allylic oxidation sites excluding steroid dienone is 1. The molecular formula is C22H21IN6O4. The van der Waals surface area contributed by atoms with Crippen LogP contribution >= 0.6 is 22.6 Å². The number of nitrogens with one attached hydrogen (secondary N) is 2. The molecule has 0 bridgehead atoms. The third-order valence-corrected chi connectivity index (χ3v) is 5.94. The van der Waals surface area contributed by atoms with Crippen LogP contribution in [0.5, 0.6) is 0 Å². The maximum atomic E-state index is 13.4. The fraction of sp³-hybridized carbons (Fsp3) is 0.227. The van der Waals surface area contributed by atoms with E-state index in [2.05, 4.69) is 43.3 Å². The lowest BCUT2D eigenvalue weighted by Crippen LogP contribution is -2.31. The fourth-order valence-electron chi connectivity index (χ4n) is 3.65. The number of fused-ring (bicyclic) bond motifs is 1. The Kier molecular flexibility index (Phi) is 6.70. The second-order valence-electron chi connectivity index (χ2n) is 7.50. The quantitative estimate of drug-likeness (QED) is 0.228. The first kappa shape index (κ1) is 22.9. The van der Waals surface area contributed by atoms with Gasteiger partial charge in [0, 0.05) is 40.1 Å². The number of anilines is 2. The largest absolute Gasteiger partial charge is 0.396 e. The smallest absolute Gasteiger partial charge is 0.269 e. The van der Waals surface area contributed by atoms with E-state index in [1.54, 1.807) is 23.7 Å². The minimum absolute atomic E-state index is 0.0179. The van der Waals surface area contributed by atoms with E-state index in [4.69, 9.17) is 5.11 Å². The lowest BCUT2D eigenvalue weighted by Gasteiger charge is -2.28. The second kappa shape index (κ2) is 9.67. The van der Waals surface area contributed by atoms with Crippen LogP contribution in [0.25, 0.3) is 0 Å². The van der Waals surface area contributed by atoms with Gasteiger partial charge < -0.3 is 15.7 Å². The Balaban J connectivity index is 1.75. The number of nitro groups is 1. The zero-order chi connectivity index (χ0) is 23.5. The molecule has 3 aromatic rings. The number of carbonyl (C=O) groups is 1. The lowest BCUT2D eigenvalue weighted by atomic mass is 9.95. The molecule has 0 spiro atoms. The standard InChI is InChI=1S/C22H21IN6O4/c1-13-19(21(31)25-16-8-6-15(23)7-9-16)20(14-4-10-17(11-5-14)29(32)33)28-22(24-13)26-18(27-28)3-2-12-30/h4-11,20,30H,2-3,12H2,1H3,(H,25,31)(H,24,26,27). The SMILES string of the molecule is CC1=C(C(=O)Nc2ccc(I)cc2)C(c2ccc([N+](=O)[O-])cc2)n2nc(CCCO)nc2N1. The van der Waals surface area contributed by atoms with Gasteiger partial charge in [-0.25, -0.2) is 4.68 Å². The summed E-state index contributed by atoms with van der Waals surface area (Å²) in [6.07, 6.45) is 0.993.